The van der Waals surface area contributed by atoms with Gasteiger partial charge in [-0.2, -0.15) is 0 Å². The lowest BCUT2D eigenvalue weighted by Crippen LogP contribution is -2.50. The quantitative estimate of drug-likeness (QED) is 0.628. The van der Waals surface area contributed by atoms with Crippen LogP contribution in [0.4, 0.5) is 0 Å². The van der Waals surface area contributed by atoms with Crippen LogP contribution in [0.2, 0.25) is 0 Å². The Labute approximate surface area is 111 Å². The maximum absolute atomic E-state index is 5.91. The van der Waals surface area contributed by atoms with E-state index in [-0.39, 0.29) is 24.6 Å². The molecule has 0 aliphatic carbocycles. The SMILES string of the molecule is [CH2]CCCCCC1CC(OC)C(OC)C(OC)O1. The van der Waals surface area contributed by atoms with Crippen molar-refractivity contribution in [2.24, 2.45) is 0 Å². The van der Waals surface area contributed by atoms with Crippen molar-refractivity contribution >= 4 is 0 Å². The van der Waals surface area contributed by atoms with Crippen LogP contribution in [0.1, 0.15) is 38.5 Å². The molecule has 1 fully saturated rings. The molecule has 4 heteroatoms. The third-order valence-corrected chi connectivity index (χ3v) is 3.54. The van der Waals surface area contributed by atoms with Crippen LogP contribution in [0.25, 0.3) is 0 Å². The number of methoxy groups -OCH3 is 3. The van der Waals surface area contributed by atoms with Gasteiger partial charge >= 0.3 is 0 Å². The lowest BCUT2D eigenvalue weighted by molar-refractivity contribution is -0.268. The largest absolute Gasteiger partial charge is 0.378 e. The second-order valence-corrected chi connectivity index (χ2v) is 4.78. The van der Waals surface area contributed by atoms with Crippen molar-refractivity contribution in [3.63, 3.8) is 0 Å². The van der Waals surface area contributed by atoms with Crippen LogP contribution >= 0.6 is 0 Å². The van der Waals surface area contributed by atoms with Crippen molar-refractivity contribution in [2.75, 3.05) is 21.3 Å². The fourth-order valence-corrected chi connectivity index (χ4v) is 2.49. The summed E-state index contributed by atoms with van der Waals surface area (Å²) in [5, 5.41) is 0. The Morgan fingerprint density at radius 3 is 2.39 bits per heavy atom. The van der Waals surface area contributed by atoms with Gasteiger partial charge in [0.25, 0.3) is 0 Å². The van der Waals surface area contributed by atoms with Gasteiger partial charge in [-0.25, -0.2) is 0 Å². The van der Waals surface area contributed by atoms with E-state index in [0.717, 1.165) is 19.3 Å². The Hall–Kier alpha value is -0.160. The molecule has 1 saturated heterocycles. The molecule has 107 valence electrons. The van der Waals surface area contributed by atoms with Gasteiger partial charge in [-0.15, -0.1) is 0 Å². The zero-order chi connectivity index (χ0) is 13.4. The summed E-state index contributed by atoms with van der Waals surface area (Å²) in [6.07, 6.45) is 6.30. The summed E-state index contributed by atoms with van der Waals surface area (Å²) in [7, 11) is 5.03. The maximum atomic E-state index is 5.91. The molecular weight excluding hydrogens is 232 g/mol. The third kappa shape index (κ3) is 4.50. The van der Waals surface area contributed by atoms with Crippen LogP contribution in [0.15, 0.2) is 0 Å². The van der Waals surface area contributed by atoms with Crippen molar-refractivity contribution in [3.8, 4) is 0 Å². The van der Waals surface area contributed by atoms with E-state index in [9.17, 15) is 0 Å². The lowest BCUT2D eigenvalue weighted by Gasteiger charge is -2.39. The molecule has 0 aromatic heterocycles. The summed E-state index contributed by atoms with van der Waals surface area (Å²) < 4.78 is 22.2. The number of hydrogen-bond donors (Lipinski definition) is 0. The first-order chi connectivity index (χ1) is 8.76. The highest BCUT2D eigenvalue weighted by Crippen LogP contribution is 2.27. The van der Waals surface area contributed by atoms with E-state index in [1.54, 1.807) is 21.3 Å². The molecule has 1 aliphatic heterocycles. The van der Waals surface area contributed by atoms with E-state index in [1.807, 2.05) is 0 Å². The fourth-order valence-electron chi connectivity index (χ4n) is 2.49. The highest BCUT2D eigenvalue weighted by atomic mass is 16.7. The Morgan fingerprint density at radius 1 is 1.06 bits per heavy atom. The van der Waals surface area contributed by atoms with Crippen LogP contribution in [0.5, 0.6) is 0 Å². The molecule has 1 rings (SSSR count). The van der Waals surface area contributed by atoms with Crippen molar-refractivity contribution in [3.05, 3.63) is 6.92 Å². The van der Waals surface area contributed by atoms with Gasteiger partial charge in [0.05, 0.1) is 12.2 Å². The van der Waals surface area contributed by atoms with Crippen LogP contribution in [0.3, 0.4) is 0 Å². The Balaban J connectivity index is 2.42. The van der Waals surface area contributed by atoms with Crippen LogP contribution < -0.4 is 0 Å². The number of ether oxygens (including phenoxy) is 4. The molecule has 0 aromatic rings. The summed E-state index contributed by atoms with van der Waals surface area (Å²) in [5.74, 6) is 0. The van der Waals surface area contributed by atoms with Crippen LogP contribution in [-0.2, 0) is 18.9 Å². The van der Waals surface area contributed by atoms with Gasteiger partial charge in [0.1, 0.15) is 6.10 Å². The Bertz CT molecular complexity index is 196. The molecule has 1 heterocycles. The molecule has 0 aromatic carbocycles. The Morgan fingerprint density at radius 2 is 1.83 bits per heavy atom. The van der Waals surface area contributed by atoms with Gasteiger partial charge in [-0.05, 0) is 6.42 Å². The van der Waals surface area contributed by atoms with E-state index in [4.69, 9.17) is 18.9 Å². The molecule has 4 nitrogen and oxygen atoms in total. The summed E-state index contributed by atoms with van der Waals surface area (Å²) in [5.41, 5.74) is 0. The molecule has 0 bridgehead atoms. The first kappa shape index (κ1) is 15.9. The van der Waals surface area contributed by atoms with Crippen molar-refractivity contribution in [2.45, 2.75) is 63.1 Å². The number of unbranched alkanes of at least 4 members (excludes halogenated alkanes) is 3. The van der Waals surface area contributed by atoms with Crippen LogP contribution in [-0.4, -0.2) is 45.9 Å². The minimum Gasteiger partial charge on any atom is -0.378 e. The van der Waals surface area contributed by atoms with Crippen molar-refractivity contribution in [1.82, 2.24) is 0 Å². The molecule has 1 radical (unpaired) electrons. The lowest BCUT2D eigenvalue weighted by atomic mass is 9.97. The van der Waals surface area contributed by atoms with E-state index in [1.165, 1.54) is 19.3 Å². The monoisotopic (exact) mass is 259 g/mol. The number of rotatable bonds is 8. The zero-order valence-electron chi connectivity index (χ0n) is 11.9. The second kappa shape index (κ2) is 8.86. The second-order valence-electron chi connectivity index (χ2n) is 4.78. The predicted molar refractivity (Wildman–Crippen MR) is 70.3 cm³/mol. The highest BCUT2D eigenvalue weighted by molar-refractivity contribution is 4.83. The molecule has 18 heavy (non-hydrogen) atoms. The third-order valence-electron chi connectivity index (χ3n) is 3.54. The van der Waals surface area contributed by atoms with E-state index >= 15 is 0 Å². The van der Waals surface area contributed by atoms with Crippen molar-refractivity contribution < 1.29 is 18.9 Å². The standard InChI is InChI=1S/C14H27O4/c1-5-6-7-8-9-11-10-12(15-2)13(16-3)14(17-4)18-11/h11-14H,1,5-10H2,2-4H3. The zero-order valence-corrected chi connectivity index (χ0v) is 11.9. The van der Waals surface area contributed by atoms with E-state index < -0.39 is 0 Å². The highest BCUT2D eigenvalue weighted by Gasteiger charge is 2.39. The Kier molecular flexibility index (Phi) is 7.82. The fraction of sp³-hybridized carbons (Fsp3) is 0.929. The predicted octanol–water partition coefficient (Wildman–Crippen LogP) is 2.56. The first-order valence-electron chi connectivity index (χ1n) is 6.79. The molecule has 4 unspecified atom stereocenters. The van der Waals surface area contributed by atoms with Crippen molar-refractivity contribution in [1.29, 1.82) is 0 Å². The molecule has 1 aliphatic rings. The molecule has 4 atom stereocenters. The summed E-state index contributed by atoms with van der Waals surface area (Å²) >= 11 is 0. The maximum Gasteiger partial charge on any atom is 0.186 e. The molecule has 0 N–H and O–H groups in total. The molecule has 0 spiro atoms. The summed E-state index contributed by atoms with van der Waals surface area (Å²) in [6, 6.07) is 0. The van der Waals surface area contributed by atoms with E-state index in [0.29, 0.717) is 0 Å². The molecule has 0 saturated carbocycles. The average Bonchev–Trinajstić information content (AvgIpc) is 2.42. The smallest absolute Gasteiger partial charge is 0.186 e. The van der Waals surface area contributed by atoms with Gasteiger partial charge in [0, 0.05) is 27.8 Å². The summed E-state index contributed by atoms with van der Waals surface area (Å²) in [6.45, 7) is 3.85. The van der Waals surface area contributed by atoms with Gasteiger partial charge in [-0.1, -0.05) is 32.6 Å². The molecule has 0 amide bonds. The molecular formula is C14H27O4. The summed E-state index contributed by atoms with van der Waals surface area (Å²) in [4.78, 5) is 0. The van der Waals surface area contributed by atoms with Gasteiger partial charge < -0.3 is 18.9 Å². The van der Waals surface area contributed by atoms with Gasteiger partial charge in [-0.3, -0.25) is 0 Å². The van der Waals surface area contributed by atoms with Gasteiger partial charge in [0.2, 0.25) is 0 Å². The first-order valence-corrected chi connectivity index (χ1v) is 6.79. The van der Waals surface area contributed by atoms with Gasteiger partial charge in [0.15, 0.2) is 6.29 Å². The minimum absolute atomic E-state index is 0.0477. The average molecular weight is 259 g/mol. The number of hydrogen-bond acceptors (Lipinski definition) is 4. The minimum atomic E-state index is -0.327. The normalized spacial score (nSPS) is 32.7. The van der Waals surface area contributed by atoms with E-state index in [2.05, 4.69) is 6.92 Å². The topological polar surface area (TPSA) is 36.9 Å². The van der Waals surface area contributed by atoms with Crippen LogP contribution in [0, 0.1) is 6.92 Å².